The molecule has 1 aromatic carbocycles. The summed E-state index contributed by atoms with van der Waals surface area (Å²) < 4.78 is 10.3. The molecule has 4 nitrogen and oxygen atoms in total. The molecule has 1 amide bonds. The number of halogens is 1. The summed E-state index contributed by atoms with van der Waals surface area (Å²) in [6, 6.07) is 5.12. The number of rotatable bonds is 3. The molecule has 1 saturated heterocycles. The lowest BCUT2D eigenvalue weighted by atomic mass is 10.2. The van der Waals surface area contributed by atoms with E-state index >= 15 is 0 Å². The van der Waals surface area contributed by atoms with Gasteiger partial charge in [0.15, 0.2) is 0 Å². The van der Waals surface area contributed by atoms with Gasteiger partial charge in [-0.2, -0.15) is 0 Å². The minimum Gasteiger partial charge on any atom is -0.495 e. The number of carbonyl (C=O) groups excluding carboxylic acids is 1. The molecule has 0 aromatic heterocycles. The predicted octanol–water partition coefficient (Wildman–Crippen LogP) is 2.47. The fourth-order valence-electron chi connectivity index (χ4n) is 1.75. The maximum atomic E-state index is 11.8. The smallest absolute Gasteiger partial charge is 0.253 e. The summed E-state index contributed by atoms with van der Waals surface area (Å²) in [6.45, 7) is 0.654. The highest BCUT2D eigenvalue weighted by Crippen LogP contribution is 2.27. The number of amides is 1. The average molecular weight is 256 g/mol. The van der Waals surface area contributed by atoms with Crippen LogP contribution in [0.4, 0.5) is 5.69 Å². The van der Waals surface area contributed by atoms with Crippen LogP contribution in [0.2, 0.25) is 5.02 Å². The van der Waals surface area contributed by atoms with Crippen LogP contribution in [0, 0.1) is 0 Å². The minimum absolute atomic E-state index is 0.122. The molecule has 0 spiro atoms. The second-order valence-corrected chi connectivity index (χ2v) is 4.25. The first kappa shape index (κ1) is 12.2. The fraction of sp³-hybridized carbons (Fsp3) is 0.417. The van der Waals surface area contributed by atoms with Gasteiger partial charge in [-0.15, -0.1) is 0 Å². The highest BCUT2D eigenvalue weighted by Gasteiger charge is 2.23. The molecule has 1 aromatic rings. The van der Waals surface area contributed by atoms with E-state index in [1.54, 1.807) is 25.3 Å². The molecule has 2 rings (SSSR count). The van der Waals surface area contributed by atoms with Crippen molar-refractivity contribution in [2.75, 3.05) is 19.0 Å². The molecule has 0 unspecified atom stereocenters. The molecule has 1 fully saturated rings. The van der Waals surface area contributed by atoms with E-state index in [2.05, 4.69) is 5.32 Å². The lowest BCUT2D eigenvalue weighted by Gasteiger charge is -2.11. The Hall–Kier alpha value is -1.26. The van der Waals surface area contributed by atoms with Crippen LogP contribution in [0.1, 0.15) is 12.8 Å². The second kappa shape index (κ2) is 5.38. The Labute approximate surface area is 105 Å². The molecule has 0 saturated carbocycles. The van der Waals surface area contributed by atoms with Crippen molar-refractivity contribution < 1.29 is 14.3 Å². The zero-order chi connectivity index (χ0) is 12.3. The van der Waals surface area contributed by atoms with Gasteiger partial charge in [0, 0.05) is 12.3 Å². The summed E-state index contributed by atoms with van der Waals surface area (Å²) in [7, 11) is 1.55. The predicted molar refractivity (Wildman–Crippen MR) is 65.6 cm³/mol. The number of anilines is 1. The number of ether oxygens (including phenoxy) is 2. The van der Waals surface area contributed by atoms with Gasteiger partial charge in [-0.25, -0.2) is 0 Å². The van der Waals surface area contributed by atoms with Gasteiger partial charge in [-0.05, 0) is 31.0 Å². The zero-order valence-corrected chi connectivity index (χ0v) is 10.3. The number of hydrogen-bond acceptors (Lipinski definition) is 3. The third-order valence-electron chi connectivity index (χ3n) is 2.64. The van der Waals surface area contributed by atoms with E-state index in [0.29, 0.717) is 23.1 Å². The fourth-order valence-corrected chi connectivity index (χ4v) is 2.01. The Morgan fingerprint density at radius 3 is 3.00 bits per heavy atom. The average Bonchev–Trinajstić information content (AvgIpc) is 2.82. The summed E-state index contributed by atoms with van der Waals surface area (Å²) in [5.74, 6) is 0.463. The van der Waals surface area contributed by atoms with Crippen LogP contribution in [-0.4, -0.2) is 25.7 Å². The monoisotopic (exact) mass is 255 g/mol. The van der Waals surface area contributed by atoms with Crippen LogP contribution in [-0.2, 0) is 9.53 Å². The van der Waals surface area contributed by atoms with Crippen molar-refractivity contribution >= 4 is 23.2 Å². The number of nitrogens with one attached hydrogen (secondary N) is 1. The van der Waals surface area contributed by atoms with Gasteiger partial charge in [0.2, 0.25) is 0 Å². The molecule has 5 heteroatoms. The summed E-state index contributed by atoms with van der Waals surface area (Å²) in [5, 5.41) is 3.24. The van der Waals surface area contributed by atoms with E-state index in [4.69, 9.17) is 21.1 Å². The van der Waals surface area contributed by atoms with E-state index in [9.17, 15) is 4.79 Å². The first-order chi connectivity index (χ1) is 8.20. The van der Waals surface area contributed by atoms with Gasteiger partial charge in [0.1, 0.15) is 11.9 Å². The first-order valence-electron chi connectivity index (χ1n) is 5.46. The van der Waals surface area contributed by atoms with E-state index in [1.165, 1.54) is 0 Å². The van der Waals surface area contributed by atoms with Gasteiger partial charge >= 0.3 is 0 Å². The van der Waals surface area contributed by atoms with Crippen molar-refractivity contribution in [2.24, 2.45) is 0 Å². The molecule has 1 aliphatic heterocycles. The third kappa shape index (κ3) is 2.90. The van der Waals surface area contributed by atoms with Gasteiger partial charge < -0.3 is 14.8 Å². The summed E-state index contributed by atoms with van der Waals surface area (Å²) in [5.41, 5.74) is 0.649. The first-order valence-corrected chi connectivity index (χ1v) is 5.84. The van der Waals surface area contributed by atoms with Crippen molar-refractivity contribution in [3.63, 3.8) is 0 Å². The van der Waals surface area contributed by atoms with Crippen molar-refractivity contribution in [2.45, 2.75) is 18.9 Å². The molecule has 1 atom stereocenters. The summed E-state index contributed by atoms with van der Waals surface area (Å²) >= 11 is 5.97. The highest BCUT2D eigenvalue weighted by atomic mass is 35.5. The standard InChI is InChI=1S/C12H14ClNO3/c1-16-10-5-4-8(7-9(10)13)14-12(15)11-3-2-6-17-11/h4-5,7,11H,2-3,6H2,1H3,(H,14,15)/t11-/m1/s1. The number of carbonyl (C=O) groups is 1. The molecule has 0 aliphatic carbocycles. The summed E-state index contributed by atoms with van der Waals surface area (Å²) in [4.78, 5) is 11.8. The number of hydrogen-bond donors (Lipinski definition) is 1. The minimum atomic E-state index is -0.337. The van der Waals surface area contributed by atoms with Crippen LogP contribution in [0.3, 0.4) is 0 Å². The summed E-state index contributed by atoms with van der Waals surface area (Å²) in [6.07, 6.45) is 1.37. The molecular weight excluding hydrogens is 242 g/mol. The van der Waals surface area contributed by atoms with Gasteiger partial charge in [-0.1, -0.05) is 11.6 Å². The van der Waals surface area contributed by atoms with Crippen LogP contribution in [0.15, 0.2) is 18.2 Å². The van der Waals surface area contributed by atoms with Crippen LogP contribution >= 0.6 is 11.6 Å². The Morgan fingerprint density at radius 1 is 1.59 bits per heavy atom. The van der Waals surface area contributed by atoms with Crippen LogP contribution in [0.5, 0.6) is 5.75 Å². The Kier molecular flexibility index (Phi) is 3.86. The van der Waals surface area contributed by atoms with E-state index in [-0.39, 0.29) is 12.0 Å². The van der Waals surface area contributed by atoms with Gasteiger partial charge in [-0.3, -0.25) is 4.79 Å². The van der Waals surface area contributed by atoms with Crippen molar-refractivity contribution in [3.05, 3.63) is 23.2 Å². The second-order valence-electron chi connectivity index (χ2n) is 3.84. The molecule has 1 aliphatic rings. The normalized spacial score (nSPS) is 19.1. The topological polar surface area (TPSA) is 47.6 Å². The SMILES string of the molecule is COc1ccc(NC(=O)[C@H]2CCCO2)cc1Cl. The number of benzene rings is 1. The molecular formula is C12H14ClNO3. The molecule has 92 valence electrons. The highest BCUT2D eigenvalue weighted by molar-refractivity contribution is 6.32. The lowest BCUT2D eigenvalue weighted by molar-refractivity contribution is -0.124. The number of methoxy groups -OCH3 is 1. The van der Waals surface area contributed by atoms with Gasteiger partial charge in [0.25, 0.3) is 5.91 Å². The molecule has 17 heavy (non-hydrogen) atoms. The molecule has 0 radical (unpaired) electrons. The quantitative estimate of drug-likeness (QED) is 0.903. The van der Waals surface area contributed by atoms with E-state index in [0.717, 1.165) is 12.8 Å². The maximum absolute atomic E-state index is 11.8. The van der Waals surface area contributed by atoms with E-state index in [1.807, 2.05) is 0 Å². The van der Waals surface area contributed by atoms with E-state index < -0.39 is 0 Å². The third-order valence-corrected chi connectivity index (χ3v) is 2.94. The Bertz CT molecular complexity index is 416. The lowest BCUT2D eigenvalue weighted by Crippen LogP contribution is -2.26. The van der Waals surface area contributed by atoms with Crippen molar-refractivity contribution in [3.8, 4) is 5.75 Å². The molecule has 1 heterocycles. The van der Waals surface area contributed by atoms with Crippen LogP contribution < -0.4 is 10.1 Å². The largest absolute Gasteiger partial charge is 0.495 e. The molecule has 0 bridgehead atoms. The van der Waals surface area contributed by atoms with Crippen molar-refractivity contribution in [1.29, 1.82) is 0 Å². The zero-order valence-electron chi connectivity index (χ0n) is 9.53. The maximum Gasteiger partial charge on any atom is 0.253 e. The van der Waals surface area contributed by atoms with Crippen LogP contribution in [0.25, 0.3) is 0 Å². The van der Waals surface area contributed by atoms with Gasteiger partial charge in [0.05, 0.1) is 12.1 Å². The Morgan fingerprint density at radius 2 is 2.41 bits per heavy atom. The van der Waals surface area contributed by atoms with Crippen molar-refractivity contribution in [1.82, 2.24) is 0 Å². The molecule has 1 N–H and O–H groups in total. The Balaban J connectivity index is 2.03.